The molecule has 2 nitrogen and oxygen atoms in total. The van der Waals surface area contributed by atoms with Gasteiger partial charge in [0.15, 0.2) is 0 Å². The van der Waals surface area contributed by atoms with Crippen LogP contribution in [0.15, 0.2) is 36.4 Å². The first kappa shape index (κ1) is 13.2. The Labute approximate surface area is 120 Å². The highest BCUT2D eigenvalue weighted by Crippen LogP contribution is 2.41. The molecule has 0 atom stereocenters. The summed E-state index contributed by atoms with van der Waals surface area (Å²) in [5, 5.41) is 0. The highest BCUT2D eigenvalue weighted by molar-refractivity contribution is 5.51. The molecule has 0 aliphatic heterocycles. The monoisotopic (exact) mass is 267 g/mol. The molecule has 1 aliphatic rings. The van der Waals surface area contributed by atoms with Gasteiger partial charge in [0.05, 0.1) is 12.6 Å². The fourth-order valence-electron chi connectivity index (χ4n) is 3.55. The third-order valence-corrected chi connectivity index (χ3v) is 4.29. The zero-order valence-corrected chi connectivity index (χ0v) is 12.4. The molecule has 2 aromatic carbocycles. The van der Waals surface area contributed by atoms with Gasteiger partial charge < -0.3 is 10.5 Å². The summed E-state index contributed by atoms with van der Waals surface area (Å²) in [5.74, 6) is 0.915. The minimum Gasteiger partial charge on any atom is -0.496 e. The quantitative estimate of drug-likeness (QED) is 0.906. The van der Waals surface area contributed by atoms with Crippen molar-refractivity contribution in [1.82, 2.24) is 0 Å². The number of aryl methyl sites for hydroxylation is 2. The fraction of sp³-hybridized carbons (Fsp3) is 0.333. The first-order chi connectivity index (χ1) is 9.53. The third kappa shape index (κ3) is 2.01. The standard InChI is InChI=1S/C18H21NO/c1-12-8-13(2)17(16(9-12)20-3)18(19)10-14-6-4-5-7-15(14)11-18/h4-9H,10-11,19H2,1-3H3. The molecule has 3 rings (SSSR count). The Morgan fingerprint density at radius 2 is 1.65 bits per heavy atom. The van der Waals surface area contributed by atoms with Crippen molar-refractivity contribution >= 4 is 0 Å². The van der Waals surface area contributed by atoms with Gasteiger partial charge in [0.2, 0.25) is 0 Å². The highest BCUT2D eigenvalue weighted by atomic mass is 16.5. The van der Waals surface area contributed by atoms with Crippen LogP contribution in [0.4, 0.5) is 0 Å². The lowest BCUT2D eigenvalue weighted by molar-refractivity contribution is 0.380. The number of ether oxygens (including phenoxy) is 1. The molecule has 0 radical (unpaired) electrons. The average Bonchev–Trinajstić information content (AvgIpc) is 2.74. The van der Waals surface area contributed by atoms with E-state index in [9.17, 15) is 0 Å². The van der Waals surface area contributed by atoms with Crippen LogP contribution in [0.25, 0.3) is 0 Å². The predicted octanol–water partition coefficient (Wildman–Crippen LogP) is 3.26. The van der Waals surface area contributed by atoms with Crippen LogP contribution in [-0.2, 0) is 18.4 Å². The second-order valence-electron chi connectivity index (χ2n) is 5.94. The third-order valence-electron chi connectivity index (χ3n) is 4.29. The molecular formula is C18H21NO. The summed E-state index contributed by atoms with van der Waals surface area (Å²) in [6, 6.07) is 12.8. The van der Waals surface area contributed by atoms with Crippen LogP contribution in [0.1, 0.15) is 27.8 Å². The number of fused-ring (bicyclic) bond motifs is 1. The van der Waals surface area contributed by atoms with Crippen LogP contribution >= 0.6 is 0 Å². The summed E-state index contributed by atoms with van der Waals surface area (Å²) >= 11 is 0. The zero-order valence-electron chi connectivity index (χ0n) is 12.4. The SMILES string of the molecule is COc1cc(C)cc(C)c1C1(N)Cc2ccccc2C1. The van der Waals surface area contributed by atoms with E-state index in [1.807, 2.05) is 0 Å². The van der Waals surface area contributed by atoms with E-state index in [-0.39, 0.29) is 5.54 Å². The molecule has 0 saturated heterocycles. The van der Waals surface area contributed by atoms with Gasteiger partial charge in [0.25, 0.3) is 0 Å². The van der Waals surface area contributed by atoms with Gasteiger partial charge in [-0.1, -0.05) is 30.3 Å². The number of hydrogen-bond acceptors (Lipinski definition) is 2. The minimum atomic E-state index is -0.354. The molecular weight excluding hydrogens is 246 g/mol. The van der Waals surface area contributed by atoms with Gasteiger partial charge in [0.1, 0.15) is 5.75 Å². The molecule has 104 valence electrons. The molecule has 2 N–H and O–H groups in total. The Hall–Kier alpha value is -1.80. The van der Waals surface area contributed by atoms with Crippen molar-refractivity contribution in [2.45, 2.75) is 32.2 Å². The molecule has 1 aliphatic carbocycles. The molecule has 0 fully saturated rings. The van der Waals surface area contributed by atoms with E-state index in [2.05, 4.69) is 50.2 Å². The van der Waals surface area contributed by atoms with E-state index in [0.29, 0.717) is 0 Å². The molecule has 0 saturated carbocycles. The number of rotatable bonds is 2. The van der Waals surface area contributed by atoms with Crippen molar-refractivity contribution < 1.29 is 4.74 Å². The Morgan fingerprint density at radius 3 is 2.20 bits per heavy atom. The number of hydrogen-bond donors (Lipinski definition) is 1. The van der Waals surface area contributed by atoms with Crippen molar-refractivity contribution in [1.29, 1.82) is 0 Å². The first-order valence-electron chi connectivity index (χ1n) is 7.05. The lowest BCUT2D eigenvalue weighted by Gasteiger charge is -2.28. The van der Waals surface area contributed by atoms with E-state index in [4.69, 9.17) is 10.5 Å². The zero-order chi connectivity index (χ0) is 14.3. The maximum Gasteiger partial charge on any atom is 0.124 e. The number of nitrogens with two attached hydrogens (primary N) is 1. The Kier molecular flexibility index (Phi) is 3.06. The summed E-state index contributed by atoms with van der Waals surface area (Å²) in [4.78, 5) is 0. The second-order valence-corrected chi connectivity index (χ2v) is 5.94. The maximum atomic E-state index is 6.78. The molecule has 0 heterocycles. The summed E-state index contributed by atoms with van der Waals surface area (Å²) in [7, 11) is 1.73. The normalized spacial score (nSPS) is 16.0. The largest absolute Gasteiger partial charge is 0.496 e. The number of methoxy groups -OCH3 is 1. The van der Waals surface area contributed by atoms with Gasteiger partial charge in [-0.25, -0.2) is 0 Å². The summed E-state index contributed by atoms with van der Waals surface area (Å²) in [6.07, 6.45) is 1.76. The van der Waals surface area contributed by atoms with E-state index >= 15 is 0 Å². The molecule has 2 heteroatoms. The number of benzene rings is 2. The first-order valence-corrected chi connectivity index (χ1v) is 7.05. The minimum absolute atomic E-state index is 0.354. The Morgan fingerprint density at radius 1 is 1.05 bits per heavy atom. The summed E-state index contributed by atoms with van der Waals surface area (Å²) in [6.45, 7) is 4.22. The van der Waals surface area contributed by atoms with Crippen LogP contribution in [0.5, 0.6) is 5.75 Å². The van der Waals surface area contributed by atoms with E-state index in [0.717, 1.165) is 24.2 Å². The summed E-state index contributed by atoms with van der Waals surface area (Å²) < 4.78 is 5.60. The lowest BCUT2D eigenvalue weighted by Crippen LogP contribution is -2.38. The van der Waals surface area contributed by atoms with Crippen LogP contribution < -0.4 is 10.5 Å². The van der Waals surface area contributed by atoms with Crippen LogP contribution in [0.3, 0.4) is 0 Å². The van der Waals surface area contributed by atoms with Gasteiger partial charge in [-0.2, -0.15) is 0 Å². The van der Waals surface area contributed by atoms with Gasteiger partial charge in [-0.15, -0.1) is 0 Å². The van der Waals surface area contributed by atoms with E-state index < -0.39 is 0 Å². The van der Waals surface area contributed by atoms with Crippen LogP contribution in [-0.4, -0.2) is 7.11 Å². The highest BCUT2D eigenvalue weighted by Gasteiger charge is 2.38. The molecule has 0 aromatic heterocycles. The van der Waals surface area contributed by atoms with E-state index in [1.54, 1.807) is 7.11 Å². The maximum absolute atomic E-state index is 6.78. The van der Waals surface area contributed by atoms with Crippen molar-refractivity contribution in [3.05, 3.63) is 64.2 Å². The van der Waals surface area contributed by atoms with Crippen molar-refractivity contribution in [3.8, 4) is 5.75 Å². The fourth-order valence-corrected chi connectivity index (χ4v) is 3.55. The lowest BCUT2D eigenvalue weighted by atomic mass is 9.83. The van der Waals surface area contributed by atoms with Gasteiger partial charge >= 0.3 is 0 Å². The van der Waals surface area contributed by atoms with Gasteiger partial charge in [0, 0.05) is 5.56 Å². The van der Waals surface area contributed by atoms with Gasteiger partial charge in [-0.05, 0) is 55.0 Å². The van der Waals surface area contributed by atoms with Gasteiger partial charge in [-0.3, -0.25) is 0 Å². The van der Waals surface area contributed by atoms with Crippen molar-refractivity contribution in [2.75, 3.05) is 7.11 Å². The van der Waals surface area contributed by atoms with Crippen LogP contribution in [0.2, 0.25) is 0 Å². The van der Waals surface area contributed by atoms with Crippen LogP contribution in [0, 0.1) is 13.8 Å². The smallest absolute Gasteiger partial charge is 0.124 e. The second kappa shape index (κ2) is 4.64. The molecule has 20 heavy (non-hydrogen) atoms. The molecule has 0 spiro atoms. The summed E-state index contributed by atoms with van der Waals surface area (Å²) in [5.41, 5.74) is 12.7. The topological polar surface area (TPSA) is 35.2 Å². The average molecular weight is 267 g/mol. The Bertz CT molecular complexity index is 635. The molecule has 0 bridgehead atoms. The molecule has 0 unspecified atom stereocenters. The Balaban J connectivity index is 2.11. The van der Waals surface area contributed by atoms with Crippen molar-refractivity contribution in [2.24, 2.45) is 5.73 Å². The molecule has 0 amide bonds. The predicted molar refractivity (Wildman–Crippen MR) is 82.2 cm³/mol. The van der Waals surface area contributed by atoms with Crippen molar-refractivity contribution in [3.63, 3.8) is 0 Å². The molecule has 2 aromatic rings. The van der Waals surface area contributed by atoms with E-state index in [1.165, 1.54) is 22.3 Å².